The molecule has 0 atom stereocenters. The lowest BCUT2D eigenvalue weighted by molar-refractivity contribution is 0.726. The van der Waals surface area contributed by atoms with Crippen molar-refractivity contribution in [2.24, 2.45) is 0 Å². The normalized spacial score (nSPS) is 19.8. The lowest BCUT2D eigenvalue weighted by atomic mass is 10.1. The van der Waals surface area contributed by atoms with Crippen molar-refractivity contribution in [1.29, 1.82) is 0 Å². The van der Waals surface area contributed by atoms with Gasteiger partial charge in [-0.25, -0.2) is 5.43 Å². The van der Waals surface area contributed by atoms with E-state index in [2.05, 4.69) is 34.5 Å². The predicted octanol–water partition coefficient (Wildman–Crippen LogP) is 2.10. The van der Waals surface area contributed by atoms with E-state index in [1.54, 1.807) is 0 Å². The Balaban J connectivity index is 1.93. The fourth-order valence-corrected chi connectivity index (χ4v) is 2.97. The van der Waals surface area contributed by atoms with E-state index in [9.17, 15) is 0 Å². The third-order valence-electron chi connectivity index (χ3n) is 4.04. The van der Waals surface area contributed by atoms with E-state index in [0.717, 1.165) is 25.3 Å². The molecule has 0 spiro atoms. The number of hydrogen-bond acceptors (Lipinski definition) is 4. The molecule has 2 heterocycles. The van der Waals surface area contributed by atoms with Gasteiger partial charge in [-0.2, -0.15) is 0 Å². The Morgan fingerprint density at radius 1 is 1.06 bits per heavy atom. The SMILES string of the molecule is CN1NCc2cc(N)c(N3CCCCCC3)cc21. The summed E-state index contributed by atoms with van der Waals surface area (Å²) in [5.74, 6) is 0. The van der Waals surface area contributed by atoms with Gasteiger partial charge in [-0.05, 0) is 30.5 Å². The maximum atomic E-state index is 6.23. The largest absolute Gasteiger partial charge is 0.397 e. The van der Waals surface area contributed by atoms with Crippen LogP contribution in [0.5, 0.6) is 0 Å². The summed E-state index contributed by atoms with van der Waals surface area (Å²) in [6.07, 6.45) is 5.26. The monoisotopic (exact) mass is 246 g/mol. The minimum atomic E-state index is 0.885. The summed E-state index contributed by atoms with van der Waals surface area (Å²) < 4.78 is 0. The number of fused-ring (bicyclic) bond motifs is 1. The first-order chi connectivity index (χ1) is 8.75. The molecule has 1 aromatic rings. The second-order valence-electron chi connectivity index (χ2n) is 5.33. The van der Waals surface area contributed by atoms with Crippen molar-refractivity contribution in [3.63, 3.8) is 0 Å². The maximum absolute atomic E-state index is 6.23. The molecule has 2 aliphatic rings. The number of hydrazine groups is 1. The molecule has 4 nitrogen and oxygen atoms in total. The number of nitrogens with one attached hydrogen (secondary N) is 1. The highest BCUT2D eigenvalue weighted by Gasteiger charge is 2.20. The topological polar surface area (TPSA) is 44.5 Å². The second-order valence-corrected chi connectivity index (χ2v) is 5.33. The summed E-state index contributed by atoms with van der Waals surface area (Å²) in [4.78, 5) is 2.45. The molecule has 0 unspecified atom stereocenters. The van der Waals surface area contributed by atoms with E-state index < -0.39 is 0 Å². The molecule has 0 aromatic heterocycles. The molecule has 1 fully saturated rings. The minimum Gasteiger partial charge on any atom is -0.397 e. The van der Waals surface area contributed by atoms with Crippen LogP contribution in [-0.4, -0.2) is 20.1 Å². The Morgan fingerprint density at radius 2 is 1.78 bits per heavy atom. The first kappa shape index (κ1) is 11.7. The summed E-state index contributed by atoms with van der Waals surface area (Å²) in [5, 5.41) is 2.09. The lowest BCUT2D eigenvalue weighted by Crippen LogP contribution is -2.27. The molecular formula is C14H22N4. The summed E-state index contributed by atoms with van der Waals surface area (Å²) in [6.45, 7) is 3.16. The van der Waals surface area contributed by atoms with E-state index in [-0.39, 0.29) is 0 Å². The molecule has 2 aliphatic heterocycles. The Labute approximate surface area is 109 Å². The molecule has 0 amide bonds. The lowest BCUT2D eigenvalue weighted by Gasteiger charge is -2.25. The van der Waals surface area contributed by atoms with Crippen LogP contribution in [0.4, 0.5) is 17.1 Å². The second kappa shape index (κ2) is 4.69. The van der Waals surface area contributed by atoms with Gasteiger partial charge in [0, 0.05) is 26.7 Å². The zero-order valence-electron chi connectivity index (χ0n) is 11.1. The summed E-state index contributed by atoms with van der Waals surface area (Å²) in [5.41, 5.74) is 14.3. The van der Waals surface area contributed by atoms with Crippen molar-refractivity contribution in [1.82, 2.24) is 5.43 Å². The first-order valence-corrected chi connectivity index (χ1v) is 6.90. The molecular weight excluding hydrogens is 224 g/mol. The van der Waals surface area contributed by atoms with E-state index >= 15 is 0 Å². The summed E-state index contributed by atoms with van der Waals surface area (Å²) >= 11 is 0. The Bertz CT molecular complexity index is 436. The van der Waals surface area contributed by atoms with Crippen molar-refractivity contribution in [3.05, 3.63) is 17.7 Å². The van der Waals surface area contributed by atoms with Gasteiger partial charge in [-0.15, -0.1) is 0 Å². The smallest absolute Gasteiger partial charge is 0.0621 e. The van der Waals surface area contributed by atoms with E-state index in [0.29, 0.717) is 0 Å². The Morgan fingerprint density at radius 3 is 2.50 bits per heavy atom. The highest BCUT2D eigenvalue weighted by atomic mass is 15.5. The van der Waals surface area contributed by atoms with Crippen LogP contribution in [0.25, 0.3) is 0 Å². The molecule has 3 N–H and O–H groups in total. The highest BCUT2D eigenvalue weighted by Crippen LogP contribution is 2.35. The van der Waals surface area contributed by atoms with Gasteiger partial charge in [0.1, 0.15) is 0 Å². The summed E-state index contributed by atoms with van der Waals surface area (Å²) in [7, 11) is 2.06. The van der Waals surface area contributed by atoms with Gasteiger partial charge < -0.3 is 15.6 Å². The van der Waals surface area contributed by atoms with E-state index in [1.165, 1.54) is 42.6 Å². The Hall–Kier alpha value is -1.42. The standard InChI is InChI=1S/C14H22N4/c1-17-13-9-14(12(15)8-11(13)10-16-17)18-6-4-2-3-5-7-18/h8-9,16H,2-7,10,15H2,1H3. The molecule has 0 bridgehead atoms. The van der Waals surface area contributed by atoms with Crippen molar-refractivity contribution >= 4 is 17.1 Å². The van der Waals surface area contributed by atoms with Gasteiger partial charge in [-0.1, -0.05) is 12.8 Å². The first-order valence-electron chi connectivity index (χ1n) is 6.90. The number of nitrogens with two attached hydrogens (primary N) is 1. The number of nitrogen functional groups attached to an aromatic ring is 1. The van der Waals surface area contributed by atoms with Gasteiger partial charge >= 0.3 is 0 Å². The fraction of sp³-hybridized carbons (Fsp3) is 0.571. The average molecular weight is 246 g/mol. The van der Waals surface area contributed by atoms with Crippen LogP contribution < -0.4 is 21.1 Å². The van der Waals surface area contributed by atoms with E-state index in [1.807, 2.05) is 0 Å². The zero-order valence-corrected chi connectivity index (χ0v) is 11.1. The molecule has 1 aromatic carbocycles. The minimum absolute atomic E-state index is 0.885. The van der Waals surface area contributed by atoms with Crippen molar-refractivity contribution < 1.29 is 0 Å². The van der Waals surface area contributed by atoms with Crippen LogP contribution in [0.2, 0.25) is 0 Å². The summed E-state index contributed by atoms with van der Waals surface area (Å²) in [6, 6.07) is 4.38. The van der Waals surface area contributed by atoms with Crippen LogP contribution in [-0.2, 0) is 6.54 Å². The maximum Gasteiger partial charge on any atom is 0.0621 e. The van der Waals surface area contributed by atoms with Crippen molar-refractivity contribution in [3.8, 4) is 0 Å². The number of benzene rings is 1. The number of nitrogens with zero attached hydrogens (tertiary/aromatic N) is 2. The molecule has 18 heavy (non-hydrogen) atoms. The zero-order chi connectivity index (χ0) is 12.5. The molecule has 4 heteroatoms. The van der Waals surface area contributed by atoms with Gasteiger partial charge in [0.05, 0.1) is 17.1 Å². The van der Waals surface area contributed by atoms with Crippen molar-refractivity contribution in [2.45, 2.75) is 32.2 Å². The van der Waals surface area contributed by atoms with Gasteiger partial charge in [0.25, 0.3) is 0 Å². The molecule has 98 valence electrons. The Kier molecular flexibility index (Phi) is 3.04. The van der Waals surface area contributed by atoms with Crippen LogP contribution in [0.15, 0.2) is 12.1 Å². The van der Waals surface area contributed by atoms with Gasteiger partial charge in [-0.3, -0.25) is 0 Å². The molecule has 3 rings (SSSR count). The molecule has 0 radical (unpaired) electrons. The highest BCUT2D eigenvalue weighted by molar-refractivity contribution is 5.76. The molecule has 1 saturated heterocycles. The van der Waals surface area contributed by atoms with Gasteiger partial charge in [0.2, 0.25) is 0 Å². The van der Waals surface area contributed by atoms with E-state index in [4.69, 9.17) is 5.73 Å². The van der Waals surface area contributed by atoms with Crippen LogP contribution in [0.1, 0.15) is 31.2 Å². The van der Waals surface area contributed by atoms with Crippen LogP contribution in [0, 0.1) is 0 Å². The molecule has 0 saturated carbocycles. The predicted molar refractivity (Wildman–Crippen MR) is 76.8 cm³/mol. The van der Waals surface area contributed by atoms with Crippen molar-refractivity contribution in [2.75, 3.05) is 35.8 Å². The molecule has 0 aliphatic carbocycles. The number of rotatable bonds is 1. The fourth-order valence-electron chi connectivity index (χ4n) is 2.97. The third-order valence-corrected chi connectivity index (χ3v) is 4.04. The average Bonchev–Trinajstić information content (AvgIpc) is 2.58. The van der Waals surface area contributed by atoms with Gasteiger partial charge in [0.15, 0.2) is 0 Å². The number of hydrogen-bond donors (Lipinski definition) is 2. The number of anilines is 3. The van der Waals surface area contributed by atoms with Crippen LogP contribution >= 0.6 is 0 Å². The third kappa shape index (κ3) is 2.01. The quantitative estimate of drug-likeness (QED) is 0.745. The van der Waals surface area contributed by atoms with Crippen LogP contribution in [0.3, 0.4) is 0 Å².